The summed E-state index contributed by atoms with van der Waals surface area (Å²) < 4.78 is 4.66. The zero-order chi connectivity index (χ0) is 9.78. The van der Waals surface area contributed by atoms with E-state index in [2.05, 4.69) is 9.73 Å². The first kappa shape index (κ1) is 10.9. The van der Waals surface area contributed by atoms with E-state index in [9.17, 15) is 4.79 Å². The van der Waals surface area contributed by atoms with Gasteiger partial charge >= 0.3 is 5.97 Å². The Morgan fingerprint density at radius 3 is 2.33 bits per heavy atom. The fourth-order valence-corrected chi connectivity index (χ4v) is 0.631. The van der Waals surface area contributed by atoms with E-state index in [-0.39, 0.29) is 17.4 Å². The summed E-state index contributed by atoms with van der Waals surface area (Å²) in [6, 6.07) is -0.0794. The van der Waals surface area contributed by atoms with Crippen molar-refractivity contribution in [3.63, 3.8) is 0 Å². The molecule has 12 heavy (non-hydrogen) atoms. The molecule has 0 aromatic rings. The van der Waals surface area contributed by atoms with Crippen molar-refractivity contribution in [2.24, 2.45) is 16.1 Å². The Balaban J connectivity index is 3.92. The Morgan fingerprint density at radius 1 is 1.50 bits per heavy atom. The van der Waals surface area contributed by atoms with E-state index in [1.165, 1.54) is 7.05 Å². The SMILES string of the molecule is CN=C(N)OC(=O)CC(C)(C)C. The van der Waals surface area contributed by atoms with E-state index in [0.29, 0.717) is 6.42 Å². The molecule has 0 fully saturated rings. The lowest BCUT2D eigenvalue weighted by molar-refractivity contribution is -0.137. The van der Waals surface area contributed by atoms with Crippen molar-refractivity contribution in [3.8, 4) is 0 Å². The lowest BCUT2D eigenvalue weighted by Gasteiger charge is -2.15. The fraction of sp³-hybridized carbons (Fsp3) is 0.750. The van der Waals surface area contributed by atoms with Gasteiger partial charge in [0, 0.05) is 7.05 Å². The molecule has 0 saturated heterocycles. The molecule has 0 unspecified atom stereocenters. The van der Waals surface area contributed by atoms with Gasteiger partial charge in [-0.1, -0.05) is 20.8 Å². The molecule has 2 N–H and O–H groups in total. The highest BCUT2D eigenvalue weighted by molar-refractivity contribution is 5.86. The zero-order valence-electron chi connectivity index (χ0n) is 8.05. The molecule has 0 aromatic carbocycles. The van der Waals surface area contributed by atoms with Crippen LogP contribution in [0.1, 0.15) is 27.2 Å². The number of nitrogens with two attached hydrogens (primary N) is 1. The van der Waals surface area contributed by atoms with Crippen molar-refractivity contribution in [2.45, 2.75) is 27.2 Å². The number of rotatable bonds is 1. The molecule has 70 valence electrons. The maximum absolute atomic E-state index is 11.0. The Morgan fingerprint density at radius 2 is 2.00 bits per heavy atom. The molecule has 4 nitrogen and oxygen atoms in total. The molecule has 0 aromatic heterocycles. The number of carbonyl (C=O) groups is 1. The van der Waals surface area contributed by atoms with Gasteiger partial charge in [-0.25, -0.2) is 4.99 Å². The van der Waals surface area contributed by atoms with Crippen molar-refractivity contribution in [2.75, 3.05) is 7.05 Å². The molecule has 0 bridgehead atoms. The summed E-state index contributed by atoms with van der Waals surface area (Å²) in [5, 5.41) is 0. The summed E-state index contributed by atoms with van der Waals surface area (Å²) >= 11 is 0. The van der Waals surface area contributed by atoms with E-state index >= 15 is 0 Å². The highest BCUT2D eigenvalue weighted by Gasteiger charge is 2.17. The second kappa shape index (κ2) is 4.09. The van der Waals surface area contributed by atoms with E-state index in [4.69, 9.17) is 5.73 Å². The third kappa shape index (κ3) is 5.70. The second-order valence-corrected chi connectivity index (χ2v) is 3.77. The third-order valence-electron chi connectivity index (χ3n) is 1.11. The predicted octanol–water partition coefficient (Wildman–Crippen LogP) is 0.910. The van der Waals surface area contributed by atoms with E-state index in [0.717, 1.165) is 0 Å². The van der Waals surface area contributed by atoms with Gasteiger partial charge in [-0.15, -0.1) is 0 Å². The maximum atomic E-state index is 11.0. The quantitative estimate of drug-likeness (QED) is 0.363. The van der Waals surface area contributed by atoms with Gasteiger partial charge in [-0.3, -0.25) is 4.79 Å². The van der Waals surface area contributed by atoms with Gasteiger partial charge < -0.3 is 10.5 Å². The summed E-state index contributed by atoms with van der Waals surface area (Å²) in [5.41, 5.74) is 5.12. The Kier molecular flexibility index (Phi) is 3.73. The van der Waals surface area contributed by atoms with Crippen LogP contribution >= 0.6 is 0 Å². The molecule has 0 atom stereocenters. The van der Waals surface area contributed by atoms with Crippen molar-refractivity contribution < 1.29 is 9.53 Å². The fourth-order valence-electron chi connectivity index (χ4n) is 0.631. The third-order valence-corrected chi connectivity index (χ3v) is 1.11. The van der Waals surface area contributed by atoms with Crippen LogP contribution in [0.3, 0.4) is 0 Å². The van der Waals surface area contributed by atoms with E-state index < -0.39 is 0 Å². The molecule has 0 spiro atoms. The first-order chi connectivity index (χ1) is 5.35. The van der Waals surface area contributed by atoms with E-state index in [1.54, 1.807) is 0 Å². The lowest BCUT2D eigenvalue weighted by Crippen LogP contribution is -2.23. The van der Waals surface area contributed by atoms with Crippen molar-refractivity contribution in [3.05, 3.63) is 0 Å². The summed E-state index contributed by atoms with van der Waals surface area (Å²) in [7, 11) is 1.47. The van der Waals surface area contributed by atoms with Crippen LogP contribution in [0.4, 0.5) is 0 Å². The Bertz CT molecular complexity index is 192. The van der Waals surface area contributed by atoms with Crippen LogP contribution in [0.15, 0.2) is 4.99 Å². The van der Waals surface area contributed by atoms with Crippen molar-refractivity contribution >= 4 is 12.0 Å². The Hall–Kier alpha value is -1.06. The highest BCUT2D eigenvalue weighted by Crippen LogP contribution is 2.18. The standard InChI is InChI=1S/C8H16N2O2/c1-8(2,3)5-6(11)12-7(9)10-4/h5H2,1-4H3,(H2,9,10). The first-order valence-electron chi connectivity index (χ1n) is 3.78. The van der Waals surface area contributed by atoms with Gasteiger partial charge in [0.25, 0.3) is 6.02 Å². The van der Waals surface area contributed by atoms with Crippen LogP contribution < -0.4 is 5.73 Å². The molecule has 0 heterocycles. The molecule has 0 rings (SSSR count). The predicted molar refractivity (Wildman–Crippen MR) is 47.7 cm³/mol. The maximum Gasteiger partial charge on any atom is 0.314 e. The highest BCUT2D eigenvalue weighted by atomic mass is 16.5. The second-order valence-electron chi connectivity index (χ2n) is 3.77. The van der Waals surface area contributed by atoms with E-state index in [1.807, 2.05) is 20.8 Å². The molecule has 0 aliphatic carbocycles. The number of carbonyl (C=O) groups excluding carboxylic acids is 1. The number of esters is 1. The van der Waals surface area contributed by atoms with Crippen LogP contribution in [0, 0.1) is 5.41 Å². The van der Waals surface area contributed by atoms with Gasteiger partial charge in [0.15, 0.2) is 0 Å². The van der Waals surface area contributed by atoms with Gasteiger partial charge in [0.1, 0.15) is 0 Å². The van der Waals surface area contributed by atoms with Crippen LogP contribution in [-0.4, -0.2) is 19.0 Å². The minimum atomic E-state index is -0.342. The number of hydrogen-bond donors (Lipinski definition) is 1. The van der Waals surface area contributed by atoms with Crippen molar-refractivity contribution in [1.29, 1.82) is 0 Å². The first-order valence-corrected chi connectivity index (χ1v) is 3.78. The molecule has 0 aliphatic rings. The largest absolute Gasteiger partial charge is 0.393 e. The molecular formula is C8H16N2O2. The van der Waals surface area contributed by atoms with Crippen LogP contribution in [0.2, 0.25) is 0 Å². The minimum absolute atomic E-state index is 0.0783. The van der Waals surface area contributed by atoms with Gasteiger partial charge in [0.05, 0.1) is 6.42 Å². The monoisotopic (exact) mass is 172 g/mol. The van der Waals surface area contributed by atoms with Gasteiger partial charge in [-0.2, -0.15) is 0 Å². The Labute approximate surface area is 72.8 Å². The van der Waals surface area contributed by atoms with Crippen LogP contribution in [0.25, 0.3) is 0 Å². The molecule has 0 amide bonds. The zero-order valence-corrected chi connectivity index (χ0v) is 8.05. The van der Waals surface area contributed by atoms with Crippen LogP contribution in [0.5, 0.6) is 0 Å². The van der Waals surface area contributed by atoms with Crippen LogP contribution in [-0.2, 0) is 9.53 Å². The molecule has 4 heteroatoms. The number of amidine groups is 1. The molecule has 0 radical (unpaired) electrons. The summed E-state index contributed by atoms with van der Waals surface area (Å²) in [6.07, 6.45) is 0.337. The smallest absolute Gasteiger partial charge is 0.314 e. The number of aliphatic imine (C=N–C) groups is 1. The average molecular weight is 172 g/mol. The van der Waals surface area contributed by atoms with Crippen molar-refractivity contribution in [1.82, 2.24) is 0 Å². The summed E-state index contributed by atoms with van der Waals surface area (Å²) in [5.74, 6) is -0.342. The molecule has 0 saturated carbocycles. The summed E-state index contributed by atoms with van der Waals surface area (Å²) in [4.78, 5) is 14.6. The number of nitrogens with zero attached hydrogens (tertiary/aromatic N) is 1. The minimum Gasteiger partial charge on any atom is -0.393 e. The molecular weight excluding hydrogens is 156 g/mol. The summed E-state index contributed by atoms with van der Waals surface area (Å²) in [6.45, 7) is 5.86. The average Bonchev–Trinajstić information content (AvgIpc) is 1.82. The molecule has 0 aliphatic heterocycles. The topological polar surface area (TPSA) is 64.7 Å². The van der Waals surface area contributed by atoms with Gasteiger partial charge in [0.2, 0.25) is 0 Å². The lowest BCUT2D eigenvalue weighted by atomic mass is 9.93. The number of hydrogen-bond acceptors (Lipinski definition) is 3. The normalized spacial score (nSPS) is 12.8. The number of ether oxygens (including phenoxy) is 1. The van der Waals surface area contributed by atoms with Gasteiger partial charge in [-0.05, 0) is 5.41 Å².